The van der Waals surface area contributed by atoms with Gasteiger partial charge >= 0.3 is 0 Å². The highest BCUT2D eigenvalue weighted by Gasteiger charge is 2.13. The molecule has 6 nitrogen and oxygen atoms in total. The maximum Gasteiger partial charge on any atom is 0.276 e. The monoisotopic (exact) mass is 295 g/mol. The van der Waals surface area contributed by atoms with Crippen LogP contribution >= 0.6 is 15.9 Å². The molecular weight excluding hydrogens is 286 g/mol. The standard InChI is InChI=1S/C10H10BrN5O/c1-5-2-6(11)3-13-9(5)15-10(17)8-7(12)4-14-16-8/h2-4H,12H2,1H3,(H,14,16)(H,13,15,17). The minimum Gasteiger partial charge on any atom is -0.396 e. The molecule has 88 valence electrons. The largest absolute Gasteiger partial charge is 0.396 e. The minimum absolute atomic E-state index is 0.231. The summed E-state index contributed by atoms with van der Waals surface area (Å²) >= 11 is 3.30. The van der Waals surface area contributed by atoms with Crippen LogP contribution in [0.25, 0.3) is 0 Å². The number of nitrogens with zero attached hydrogens (tertiary/aromatic N) is 2. The number of nitrogens with one attached hydrogen (secondary N) is 2. The van der Waals surface area contributed by atoms with Crippen molar-refractivity contribution in [2.75, 3.05) is 11.1 Å². The van der Waals surface area contributed by atoms with E-state index in [9.17, 15) is 4.79 Å². The molecular formula is C10H10BrN5O. The zero-order chi connectivity index (χ0) is 12.4. The van der Waals surface area contributed by atoms with E-state index in [0.29, 0.717) is 11.5 Å². The van der Waals surface area contributed by atoms with Gasteiger partial charge in [-0.1, -0.05) is 0 Å². The molecule has 7 heteroatoms. The molecule has 4 N–H and O–H groups in total. The van der Waals surface area contributed by atoms with Crippen LogP contribution in [-0.4, -0.2) is 21.1 Å². The highest BCUT2D eigenvalue weighted by molar-refractivity contribution is 9.10. The van der Waals surface area contributed by atoms with Crippen LogP contribution in [0.2, 0.25) is 0 Å². The Morgan fingerprint density at radius 2 is 2.29 bits per heavy atom. The summed E-state index contributed by atoms with van der Waals surface area (Å²) in [5.74, 6) is 0.130. The van der Waals surface area contributed by atoms with Crippen molar-refractivity contribution in [2.45, 2.75) is 6.92 Å². The van der Waals surface area contributed by atoms with Gasteiger partial charge < -0.3 is 11.1 Å². The van der Waals surface area contributed by atoms with Crippen LogP contribution in [0.1, 0.15) is 16.1 Å². The SMILES string of the molecule is Cc1cc(Br)cnc1NC(=O)c1[nH]ncc1N. The van der Waals surface area contributed by atoms with Gasteiger partial charge in [0.25, 0.3) is 5.91 Å². The molecule has 0 spiro atoms. The predicted octanol–water partition coefficient (Wildman–Crippen LogP) is 1.71. The number of amides is 1. The van der Waals surface area contributed by atoms with E-state index in [0.717, 1.165) is 10.0 Å². The van der Waals surface area contributed by atoms with Crippen molar-refractivity contribution in [1.29, 1.82) is 0 Å². The van der Waals surface area contributed by atoms with Gasteiger partial charge in [-0.25, -0.2) is 4.98 Å². The Hall–Kier alpha value is -1.89. The maximum absolute atomic E-state index is 11.8. The molecule has 0 atom stereocenters. The molecule has 17 heavy (non-hydrogen) atoms. The molecule has 0 bridgehead atoms. The first-order valence-electron chi connectivity index (χ1n) is 4.80. The van der Waals surface area contributed by atoms with E-state index in [1.54, 1.807) is 6.20 Å². The fourth-order valence-electron chi connectivity index (χ4n) is 1.32. The third-order valence-corrected chi connectivity index (χ3v) is 2.61. The smallest absolute Gasteiger partial charge is 0.276 e. The molecule has 2 aromatic heterocycles. The summed E-state index contributed by atoms with van der Waals surface area (Å²) < 4.78 is 0.856. The van der Waals surface area contributed by atoms with Crippen molar-refractivity contribution in [2.24, 2.45) is 0 Å². The lowest BCUT2D eigenvalue weighted by molar-refractivity contribution is 0.102. The number of carbonyl (C=O) groups is 1. The zero-order valence-corrected chi connectivity index (χ0v) is 10.6. The first-order valence-corrected chi connectivity index (χ1v) is 5.59. The Bertz CT molecular complexity index is 566. The van der Waals surface area contributed by atoms with Crippen molar-refractivity contribution in [3.63, 3.8) is 0 Å². The number of nitrogen functional groups attached to an aromatic ring is 1. The third kappa shape index (κ3) is 2.44. The maximum atomic E-state index is 11.8. The van der Waals surface area contributed by atoms with Crippen LogP contribution in [0, 0.1) is 6.92 Å². The Balaban J connectivity index is 2.22. The van der Waals surface area contributed by atoms with Crippen molar-refractivity contribution in [1.82, 2.24) is 15.2 Å². The summed E-state index contributed by atoms with van der Waals surface area (Å²) in [5.41, 5.74) is 6.96. The Morgan fingerprint density at radius 1 is 1.53 bits per heavy atom. The number of carbonyl (C=O) groups excluding carboxylic acids is 1. The normalized spacial score (nSPS) is 10.2. The second kappa shape index (κ2) is 4.54. The van der Waals surface area contributed by atoms with E-state index in [1.165, 1.54) is 6.20 Å². The Labute approximate surface area is 106 Å². The van der Waals surface area contributed by atoms with Gasteiger partial charge in [0.15, 0.2) is 0 Å². The molecule has 0 aliphatic heterocycles. The van der Waals surface area contributed by atoms with Gasteiger partial charge in [-0.2, -0.15) is 5.10 Å². The van der Waals surface area contributed by atoms with Gasteiger partial charge in [-0.3, -0.25) is 9.89 Å². The quantitative estimate of drug-likeness (QED) is 0.786. The third-order valence-electron chi connectivity index (χ3n) is 2.17. The summed E-state index contributed by atoms with van der Waals surface area (Å²) in [7, 11) is 0. The second-order valence-electron chi connectivity index (χ2n) is 3.47. The molecule has 1 amide bonds. The second-order valence-corrected chi connectivity index (χ2v) is 4.39. The van der Waals surface area contributed by atoms with E-state index in [1.807, 2.05) is 13.0 Å². The molecule has 0 saturated heterocycles. The van der Waals surface area contributed by atoms with Gasteiger partial charge in [0.1, 0.15) is 11.5 Å². The van der Waals surface area contributed by atoms with Gasteiger partial charge in [0.05, 0.1) is 11.9 Å². The average Bonchev–Trinajstić information content (AvgIpc) is 2.68. The molecule has 0 aromatic carbocycles. The van der Waals surface area contributed by atoms with Crippen LogP contribution < -0.4 is 11.1 Å². The summed E-state index contributed by atoms with van der Waals surface area (Å²) in [6.45, 7) is 1.85. The molecule has 2 aromatic rings. The number of anilines is 2. The number of halogens is 1. The van der Waals surface area contributed by atoms with Crippen LogP contribution in [0.4, 0.5) is 11.5 Å². The molecule has 2 heterocycles. The summed E-state index contributed by atoms with van der Waals surface area (Å²) in [6, 6.07) is 1.86. The highest BCUT2D eigenvalue weighted by Crippen LogP contribution is 2.18. The van der Waals surface area contributed by atoms with Gasteiger partial charge in [0, 0.05) is 10.7 Å². The van der Waals surface area contributed by atoms with E-state index in [4.69, 9.17) is 5.73 Å². The molecule has 0 saturated carbocycles. The van der Waals surface area contributed by atoms with Crippen molar-refractivity contribution < 1.29 is 4.79 Å². The van der Waals surface area contributed by atoms with Crippen molar-refractivity contribution in [3.8, 4) is 0 Å². The highest BCUT2D eigenvalue weighted by atomic mass is 79.9. The van der Waals surface area contributed by atoms with Crippen LogP contribution in [-0.2, 0) is 0 Å². The van der Waals surface area contributed by atoms with Gasteiger partial charge in [0.2, 0.25) is 0 Å². The van der Waals surface area contributed by atoms with E-state index >= 15 is 0 Å². The molecule has 0 radical (unpaired) electrons. The summed E-state index contributed by atoms with van der Waals surface area (Å²) in [6.07, 6.45) is 3.00. The first-order chi connectivity index (χ1) is 8.08. The number of hydrogen-bond donors (Lipinski definition) is 3. The number of pyridine rings is 1. The number of nitrogens with two attached hydrogens (primary N) is 1. The van der Waals surface area contributed by atoms with Gasteiger partial charge in [-0.15, -0.1) is 0 Å². The summed E-state index contributed by atoms with van der Waals surface area (Å²) in [5, 5.41) is 8.87. The lowest BCUT2D eigenvalue weighted by atomic mass is 10.3. The molecule has 0 aliphatic rings. The lowest BCUT2D eigenvalue weighted by Crippen LogP contribution is -2.15. The lowest BCUT2D eigenvalue weighted by Gasteiger charge is -2.06. The van der Waals surface area contributed by atoms with Crippen molar-refractivity contribution in [3.05, 3.63) is 34.2 Å². The topological polar surface area (TPSA) is 96.7 Å². The number of aryl methyl sites for hydroxylation is 1. The fourth-order valence-corrected chi connectivity index (χ4v) is 1.76. The van der Waals surface area contributed by atoms with E-state index in [-0.39, 0.29) is 11.6 Å². The van der Waals surface area contributed by atoms with Crippen LogP contribution in [0.5, 0.6) is 0 Å². The van der Waals surface area contributed by atoms with E-state index < -0.39 is 0 Å². The average molecular weight is 296 g/mol. The zero-order valence-electron chi connectivity index (χ0n) is 8.99. The van der Waals surface area contributed by atoms with E-state index in [2.05, 4.69) is 36.4 Å². The Kier molecular flexibility index (Phi) is 3.10. The number of rotatable bonds is 2. The minimum atomic E-state index is -0.363. The fraction of sp³-hybridized carbons (Fsp3) is 0.100. The number of aromatic nitrogens is 3. The van der Waals surface area contributed by atoms with Crippen molar-refractivity contribution >= 4 is 33.3 Å². The van der Waals surface area contributed by atoms with Crippen LogP contribution in [0.3, 0.4) is 0 Å². The first kappa shape index (κ1) is 11.6. The number of aromatic amines is 1. The van der Waals surface area contributed by atoms with Gasteiger partial charge in [-0.05, 0) is 34.5 Å². The number of H-pyrrole nitrogens is 1. The molecule has 2 rings (SSSR count). The Morgan fingerprint density at radius 3 is 2.88 bits per heavy atom. The molecule has 0 unspecified atom stereocenters. The predicted molar refractivity (Wildman–Crippen MR) is 67.6 cm³/mol. The molecule has 0 aliphatic carbocycles. The molecule has 0 fully saturated rings. The summed E-state index contributed by atoms with van der Waals surface area (Å²) in [4.78, 5) is 15.9. The number of hydrogen-bond acceptors (Lipinski definition) is 4. The van der Waals surface area contributed by atoms with Crippen LogP contribution in [0.15, 0.2) is 22.9 Å².